The average molecular weight is 334 g/mol. The highest BCUT2D eigenvalue weighted by Gasteiger charge is 2.13. The van der Waals surface area contributed by atoms with Gasteiger partial charge in [0.05, 0.1) is 30.5 Å². The number of nitrogens with one attached hydrogen (secondary N) is 1. The molecule has 0 aliphatic carbocycles. The van der Waals surface area contributed by atoms with Gasteiger partial charge in [0.1, 0.15) is 5.75 Å². The predicted molar refractivity (Wildman–Crippen MR) is 88.5 cm³/mol. The van der Waals surface area contributed by atoms with E-state index in [9.17, 15) is 9.59 Å². The molecule has 0 aliphatic heterocycles. The number of hydrogen-bond acceptors (Lipinski definition) is 4. The highest BCUT2D eigenvalue weighted by atomic mass is 35.5. The highest BCUT2D eigenvalue weighted by Crippen LogP contribution is 2.25. The molecule has 0 aromatic heterocycles. The standard InChI is InChI=1S/C17H16ClNO4/c1-10-8-11(5-7-15(10)22-2)16(20)19-14-9-12(17(21)23-3)4-6-13(14)18/h4-9H,1-3H3,(H,19,20). The molecule has 0 heterocycles. The lowest BCUT2D eigenvalue weighted by Crippen LogP contribution is -2.13. The van der Waals surface area contributed by atoms with Gasteiger partial charge in [0.2, 0.25) is 0 Å². The quantitative estimate of drug-likeness (QED) is 0.866. The van der Waals surface area contributed by atoms with Crippen molar-refractivity contribution in [2.45, 2.75) is 6.92 Å². The molecule has 0 spiro atoms. The summed E-state index contributed by atoms with van der Waals surface area (Å²) in [5, 5.41) is 3.02. The first kappa shape index (κ1) is 16.8. The molecule has 0 aliphatic rings. The van der Waals surface area contributed by atoms with E-state index in [-0.39, 0.29) is 5.91 Å². The Morgan fingerprint density at radius 1 is 1.04 bits per heavy atom. The Labute approximate surface area is 139 Å². The summed E-state index contributed by atoms with van der Waals surface area (Å²) in [6.07, 6.45) is 0. The molecule has 0 unspecified atom stereocenters. The Hall–Kier alpha value is -2.53. The minimum Gasteiger partial charge on any atom is -0.496 e. The molecule has 120 valence electrons. The zero-order chi connectivity index (χ0) is 17.0. The molecule has 6 heteroatoms. The van der Waals surface area contributed by atoms with Crippen LogP contribution < -0.4 is 10.1 Å². The highest BCUT2D eigenvalue weighted by molar-refractivity contribution is 6.34. The van der Waals surface area contributed by atoms with Crippen molar-refractivity contribution in [3.05, 3.63) is 58.1 Å². The van der Waals surface area contributed by atoms with Crippen molar-refractivity contribution in [3.63, 3.8) is 0 Å². The lowest BCUT2D eigenvalue weighted by Gasteiger charge is -2.10. The second kappa shape index (κ2) is 7.15. The number of aryl methyl sites for hydroxylation is 1. The third-order valence-corrected chi connectivity index (χ3v) is 3.62. The number of anilines is 1. The van der Waals surface area contributed by atoms with Gasteiger partial charge in [0.15, 0.2) is 0 Å². The Balaban J connectivity index is 2.26. The van der Waals surface area contributed by atoms with E-state index in [0.717, 1.165) is 5.56 Å². The van der Waals surface area contributed by atoms with E-state index in [1.54, 1.807) is 25.3 Å². The molecule has 0 fully saturated rings. The fourth-order valence-corrected chi connectivity index (χ4v) is 2.24. The fourth-order valence-electron chi connectivity index (χ4n) is 2.08. The first-order valence-electron chi connectivity index (χ1n) is 6.80. The topological polar surface area (TPSA) is 64.6 Å². The van der Waals surface area contributed by atoms with Gasteiger partial charge in [-0.05, 0) is 48.9 Å². The third kappa shape index (κ3) is 3.81. The number of methoxy groups -OCH3 is 2. The van der Waals surface area contributed by atoms with Crippen LogP contribution in [0.1, 0.15) is 26.3 Å². The minimum absolute atomic E-state index is 0.304. The number of ether oxygens (including phenoxy) is 2. The van der Waals surface area contributed by atoms with E-state index in [0.29, 0.717) is 27.6 Å². The van der Waals surface area contributed by atoms with Gasteiger partial charge in [-0.2, -0.15) is 0 Å². The van der Waals surface area contributed by atoms with Crippen molar-refractivity contribution in [3.8, 4) is 5.75 Å². The zero-order valence-corrected chi connectivity index (χ0v) is 13.7. The molecule has 2 aromatic carbocycles. The molecular formula is C17H16ClNO4. The van der Waals surface area contributed by atoms with Crippen LogP contribution in [0.25, 0.3) is 0 Å². The molecule has 0 bridgehead atoms. The normalized spacial score (nSPS) is 10.1. The molecule has 1 amide bonds. The van der Waals surface area contributed by atoms with Crippen molar-refractivity contribution >= 4 is 29.2 Å². The Kier molecular flexibility index (Phi) is 5.24. The summed E-state index contributed by atoms with van der Waals surface area (Å²) in [4.78, 5) is 23.9. The van der Waals surface area contributed by atoms with Gasteiger partial charge in [-0.25, -0.2) is 4.79 Å². The van der Waals surface area contributed by atoms with Crippen LogP contribution in [0.4, 0.5) is 5.69 Å². The molecule has 0 saturated carbocycles. The SMILES string of the molecule is COC(=O)c1ccc(Cl)c(NC(=O)c2ccc(OC)c(C)c2)c1. The first-order chi connectivity index (χ1) is 11.0. The smallest absolute Gasteiger partial charge is 0.337 e. The molecule has 0 saturated heterocycles. The lowest BCUT2D eigenvalue weighted by atomic mass is 10.1. The summed E-state index contributed by atoms with van der Waals surface area (Å²) < 4.78 is 9.82. The maximum absolute atomic E-state index is 12.3. The largest absolute Gasteiger partial charge is 0.496 e. The molecule has 0 atom stereocenters. The number of carbonyl (C=O) groups is 2. The number of benzene rings is 2. The Bertz CT molecular complexity index is 758. The molecule has 2 rings (SSSR count). The van der Waals surface area contributed by atoms with Gasteiger partial charge in [-0.15, -0.1) is 0 Å². The average Bonchev–Trinajstić information content (AvgIpc) is 2.55. The van der Waals surface area contributed by atoms with Gasteiger partial charge in [-0.1, -0.05) is 11.6 Å². The Morgan fingerprint density at radius 3 is 2.35 bits per heavy atom. The third-order valence-electron chi connectivity index (χ3n) is 3.29. The van der Waals surface area contributed by atoms with E-state index in [2.05, 4.69) is 10.1 Å². The second-order valence-electron chi connectivity index (χ2n) is 4.82. The predicted octanol–water partition coefficient (Wildman–Crippen LogP) is 3.70. The van der Waals surface area contributed by atoms with Crippen LogP contribution in [0.5, 0.6) is 5.75 Å². The van der Waals surface area contributed by atoms with Crippen molar-refractivity contribution in [2.75, 3.05) is 19.5 Å². The van der Waals surface area contributed by atoms with Crippen LogP contribution >= 0.6 is 11.6 Å². The first-order valence-corrected chi connectivity index (χ1v) is 7.18. The lowest BCUT2D eigenvalue weighted by molar-refractivity contribution is 0.0600. The van der Waals surface area contributed by atoms with E-state index < -0.39 is 5.97 Å². The number of halogens is 1. The van der Waals surface area contributed by atoms with Gasteiger partial charge in [0, 0.05) is 5.56 Å². The van der Waals surface area contributed by atoms with E-state index >= 15 is 0 Å². The molecule has 2 aromatic rings. The molecule has 5 nitrogen and oxygen atoms in total. The summed E-state index contributed by atoms with van der Waals surface area (Å²) in [5.41, 5.74) is 1.95. The minimum atomic E-state index is -0.502. The van der Waals surface area contributed by atoms with Gasteiger partial charge < -0.3 is 14.8 Å². The number of amides is 1. The van der Waals surface area contributed by atoms with E-state index in [1.807, 2.05) is 6.92 Å². The van der Waals surface area contributed by atoms with Gasteiger partial charge in [-0.3, -0.25) is 4.79 Å². The molecule has 0 radical (unpaired) electrons. The molecular weight excluding hydrogens is 318 g/mol. The van der Waals surface area contributed by atoms with E-state index in [4.69, 9.17) is 16.3 Å². The van der Waals surface area contributed by atoms with Gasteiger partial charge in [0.25, 0.3) is 5.91 Å². The monoisotopic (exact) mass is 333 g/mol. The summed E-state index contributed by atoms with van der Waals surface area (Å²) in [7, 11) is 2.86. The van der Waals surface area contributed by atoms with Crippen LogP contribution in [-0.4, -0.2) is 26.1 Å². The number of carbonyl (C=O) groups excluding carboxylic acids is 2. The van der Waals surface area contributed by atoms with Crippen molar-refractivity contribution in [1.82, 2.24) is 0 Å². The van der Waals surface area contributed by atoms with Crippen molar-refractivity contribution < 1.29 is 19.1 Å². The van der Waals surface area contributed by atoms with Crippen LogP contribution in [-0.2, 0) is 4.74 Å². The van der Waals surface area contributed by atoms with E-state index in [1.165, 1.54) is 25.3 Å². The second-order valence-corrected chi connectivity index (χ2v) is 5.23. The zero-order valence-electron chi connectivity index (χ0n) is 13.0. The molecule has 23 heavy (non-hydrogen) atoms. The van der Waals surface area contributed by atoms with Crippen LogP contribution in [0.15, 0.2) is 36.4 Å². The van der Waals surface area contributed by atoms with Crippen molar-refractivity contribution in [2.24, 2.45) is 0 Å². The van der Waals surface area contributed by atoms with Crippen LogP contribution in [0.2, 0.25) is 5.02 Å². The van der Waals surface area contributed by atoms with Crippen molar-refractivity contribution in [1.29, 1.82) is 0 Å². The maximum Gasteiger partial charge on any atom is 0.337 e. The maximum atomic E-state index is 12.3. The number of hydrogen-bond donors (Lipinski definition) is 1. The van der Waals surface area contributed by atoms with Gasteiger partial charge >= 0.3 is 5.97 Å². The number of esters is 1. The summed E-state index contributed by atoms with van der Waals surface area (Å²) in [5.74, 6) is -0.135. The summed E-state index contributed by atoms with van der Waals surface area (Å²) in [6, 6.07) is 9.62. The Morgan fingerprint density at radius 2 is 1.74 bits per heavy atom. The van der Waals surface area contributed by atoms with Crippen LogP contribution in [0.3, 0.4) is 0 Å². The summed E-state index contributed by atoms with van der Waals surface area (Å²) >= 11 is 6.07. The summed E-state index contributed by atoms with van der Waals surface area (Å²) in [6.45, 7) is 1.85. The molecule has 1 N–H and O–H groups in total. The number of rotatable bonds is 4. The van der Waals surface area contributed by atoms with Crippen LogP contribution in [0, 0.1) is 6.92 Å². The fraction of sp³-hybridized carbons (Fsp3) is 0.176.